The lowest BCUT2D eigenvalue weighted by molar-refractivity contribution is -0.168. The standard InChI is InChI=1S/C29H30Br2N2O4S/c1-6-29(5,16-18-12-14-20(15-13-18)22(30)19-10-8-7-9-11-19)37-26(35)28(3,4)33-25(34)21-17(2)23(31)38-24(21)32-27(33)36/h7-15,22H,6,16H2,1-5H3,(H,32,36). The second-order valence-corrected chi connectivity index (χ2v) is 13.5. The van der Waals surface area contributed by atoms with E-state index in [9.17, 15) is 14.4 Å². The minimum atomic E-state index is -1.52. The average molecular weight is 662 g/mol. The van der Waals surface area contributed by atoms with E-state index in [1.165, 1.54) is 16.9 Å². The number of benzene rings is 2. The molecule has 0 amide bonds. The summed E-state index contributed by atoms with van der Waals surface area (Å²) in [6.07, 6.45) is 1.05. The van der Waals surface area contributed by atoms with Crippen molar-refractivity contribution in [3.63, 3.8) is 0 Å². The highest BCUT2D eigenvalue weighted by Crippen LogP contribution is 2.33. The van der Waals surface area contributed by atoms with E-state index in [-0.39, 0.29) is 4.83 Å². The van der Waals surface area contributed by atoms with Gasteiger partial charge in [-0.05, 0) is 72.3 Å². The van der Waals surface area contributed by atoms with Crippen LogP contribution in [0.25, 0.3) is 10.2 Å². The van der Waals surface area contributed by atoms with Crippen LogP contribution in [-0.4, -0.2) is 21.1 Å². The van der Waals surface area contributed by atoms with Crippen LogP contribution in [0, 0.1) is 6.92 Å². The van der Waals surface area contributed by atoms with Crippen LogP contribution >= 0.6 is 43.2 Å². The summed E-state index contributed by atoms with van der Waals surface area (Å²) in [5.74, 6) is -0.637. The number of hydrogen-bond acceptors (Lipinski definition) is 5. The van der Waals surface area contributed by atoms with E-state index in [1.54, 1.807) is 20.8 Å². The molecule has 2 aromatic heterocycles. The first kappa shape index (κ1) is 28.5. The second-order valence-electron chi connectivity index (χ2n) is 10.2. The predicted molar refractivity (Wildman–Crippen MR) is 161 cm³/mol. The molecule has 200 valence electrons. The number of ether oxygens (including phenoxy) is 1. The Morgan fingerprint density at radius 1 is 1.05 bits per heavy atom. The lowest BCUT2D eigenvalue weighted by Gasteiger charge is -2.33. The van der Waals surface area contributed by atoms with Crippen LogP contribution in [0.15, 0.2) is 68.0 Å². The van der Waals surface area contributed by atoms with Crippen molar-refractivity contribution in [3.8, 4) is 0 Å². The van der Waals surface area contributed by atoms with Gasteiger partial charge in [-0.1, -0.05) is 77.5 Å². The van der Waals surface area contributed by atoms with Crippen LogP contribution < -0.4 is 11.2 Å². The number of thiophene rings is 1. The fourth-order valence-corrected chi connectivity index (χ4v) is 6.63. The SMILES string of the molecule is CCC(C)(Cc1ccc(C(Br)c2ccccc2)cc1)OC(=O)C(C)(C)n1c(=O)[nH]c2sc(Br)c(C)c2c1=O. The van der Waals surface area contributed by atoms with Gasteiger partial charge in [-0.2, -0.15) is 0 Å². The van der Waals surface area contributed by atoms with Gasteiger partial charge in [0.25, 0.3) is 5.56 Å². The molecule has 1 N–H and O–H groups in total. The quantitative estimate of drug-likeness (QED) is 0.163. The molecule has 0 bridgehead atoms. The largest absolute Gasteiger partial charge is 0.457 e. The Morgan fingerprint density at radius 2 is 1.66 bits per heavy atom. The van der Waals surface area contributed by atoms with Gasteiger partial charge in [0.15, 0.2) is 0 Å². The molecule has 0 saturated heterocycles. The zero-order chi connectivity index (χ0) is 27.8. The molecule has 0 aliphatic heterocycles. The van der Waals surface area contributed by atoms with E-state index in [0.717, 1.165) is 25.0 Å². The summed E-state index contributed by atoms with van der Waals surface area (Å²) >= 11 is 8.49. The molecule has 0 spiro atoms. The Morgan fingerprint density at radius 3 is 2.26 bits per heavy atom. The fraction of sp³-hybridized carbons (Fsp3) is 0.345. The summed E-state index contributed by atoms with van der Waals surface area (Å²) in [4.78, 5) is 43.1. The van der Waals surface area contributed by atoms with Gasteiger partial charge < -0.3 is 4.74 Å². The number of carbonyl (C=O) groups is 1. The summed E-state index contributed by atoms with van der Waals surface area (Å²) in [6, 6.07) is 18.4. The number of H-pyrrole nitrogens is 1. The van der Waals surface area contributed by atoms with Crippen molar-refractivity contribution in [1.29, 1.82) is 0 Å². The molecule has 0 fully saturated rings. The van der Waals surface area contributed by atoms with E-state index in [1.807, 2.05) is 44.2 Å². The van der Waals surface area contributed by atoms with Gasteiger partial charge >= 0.3 is 11.7 Å². The number of aromatic amines is 1. The third kappa shape index (κ3) is 5.46. The van der Waals surface area contributed by atoms with E-state index in [2.05, 4.69) is 61.1 Å². The van der Waals surface area contributed by atoms with Gasteiger partial charge in [0.2, 0.25) is 0 Å². The zero-order valence-electron chi connectivity index (χ0n) is 21.9. The molecule has 2 aromatic carbocycles. The third-order valence-electron chi connectivity index (χ3n) is 7.02. The average Bonchev–Trinajstić information content (AvgIpc) is 3.17. The summed E-state index contributed by atoms with van der Waals surface area (Å²) in [7, 11) is 0. The normalized spacial score (nSPS) is 14.3. The van der Waals surface area contributed by atoms with Crippen molar-refractivity contribution < 1.29 is 9.53 Å². The summed E-state index contributed by atoms with van der Waals surface area (Å²) in [5.41, 5.74) is 0.542. The highest BCUT2D eigenvalue weighted by atomic mass is 79.9. The summed E-state index contributed by atoms with van der Waals surface area (Å²) in [5, 5.41) is 0.390. The monoisotopic (exact) mass is 660 g/mol. The third-order valence-corrected chi connectivity index (χ3v) is 10.2. The fourth-order valence-electron chi connectivity index (χ4n) is 4.42. The molecule has 0 aliphatic carbocycles. The van der Waals surface area contributed by atoms with Crippen molar-refractivity contribution in [2.75, 3.05) is 0 Å². The molecular weight excluding hydrogens is 632 g/mol. The van der Waals surface area contributed by atoms with Gasteiger partial charge in [-0.15, -0.1) is 11.3 Å². The van der Waals surface area contributed by atoms with Crippen LogP contribution in [0.2, 0.25) is 0 Å². The van der Waals surface area contributed by atoms with Crippen LogP contribution in [0.5, 0.6) is 0 Å². The number of carbonyl (C=O) groups excluding carboxylic acids is 1. The first-order valence-electron chi connectivity index (χ1n) is 12.3. The highest BCUT2D eigenvalue weighted by Gasteiger charge is 2.40. The van der Waals surface area contributed by atoms with E-state index < -0.39 is 28.4 Å². The van der Waals surface area contributed by atoms with Crippen molar-refractivity contribution in [2.45, 2.75) is 63.4 Å². The minimum Gasteiger partial charge on any atom is -0.457 e. The molecule has 2 heterocycles. The molecule has 9 heteroatoms. The Balaban J connectivity index is 1.57. The maximum atomic E-state index is 13.5. The molecular formula is C29H30Br2N2O4S. The van der Waals surface area contributed by atoms with Gasteiger partial charge in [0.05, 0.1) is 14.0 Å². The lowest BCUT2D eigenvalue weighted by Crippen LogP contribution is -2.53. The Hall–Kier alpha value is -2.49. The second kappa shape index (κ2) is 10.9. The smallest absolute Gasteiger partial charge is 0.332 e. The first-order valence-corrected chi connectivity index (χ1v) is 14.9. The molecule has 2 atom stereocenters. The van der Waals surface area contributed by atoms with Crippen molar-refractivity contribution in [2.24, 2.45) is 0 Å². The lowest BCUT2D eigenvalue weighted by atomic mass is 9.92. The molecule has 6 nitrogen and oxygen atoms in total. The molecule has 0 aliphatic rings. The van der Waals surface area contributed by atoms with Crippen molar-refractivity contribution in [1.82, 2.24) is 9.55 Å². The van der Waals surface area contributed by atoms with Crippen LogP contribution in [0.3, 0.4) is 0 Å². The number of nitrogens with zero attached hydrogens (tertiary/aromatic N) is 1. The number of halogens is 2. The minimum absolute atomic E-state index is 0.0789. The number of aryl methyl sites for hydroxylation is 1. The zero-order valence-corrected chi connectivity index (χ0v) is 25.9. The molecule has 4 rings (SSSR count). The number of esters is 1. The molecule has 2 unspecified atom stereocenters. The van der Waals surface area contributed by atoms with Crippen LogP contribution in [0.4, 0.5) is 0 Å². The van der Waals surface area contributed by atoms with Gasteiger partial charge in [-0.25, -0.2) is 14.2 Å². The Kier molecular flexibility index (Phi) is 8.21. The molecule has 4 aromatic rings. The topological polar surface area (TPSA) is 81.2 Å². The maximum Gasteiger partial charge on any atom is 0.332 e. The molecule has 0 saturated carbocycles. The number of nitrogens with one attached hydrogen (secondary N) is 1. The van der Waals surface area contributed by atoms with Gasteiger partial charge in [0, 0.05) is 6.42 Å². The highest BCUT2D eigenvalue weighted by molar-refractivity contribution is 9.11. The van der Waals surface area contributed by atoms with Crippen LogP contribution in [0.1, 0.15) is 61.2 Å². The number of rotatable bonds is 8. The Labute approximate surface area is 242 Å². The first-order chi connectivity index (χ1) is 17.9. The number of alkyl halides is 1. The maximum absolute atomic E-state index is 13.5. The molecule has 0 radical (unpaired) electrons. The van der Waals surface area contributed by atoms with Crippen molar-refractivity contribution in [3.05, 3.63) is 101 Å². The molecule has 38 heavy (non-hydrogen) atoms. The van der Waals surface area contributed by atoms with E-state index >= 15 is 0 Å². The van der Waals surface area contributed by atoms with E-state index in [0.29, 0.717) is 23.1 Å². The van der Waals surface area contributed by atoms with Crippen LogP contribution in [-0.2, 0) is 21.5 Å². The summed E-state index contributed by atoms with van der Waals surface area (Å²) < 4.78 is 7.78. The van der Waals surface area contributed by atoms with Crippen molar-refractivity contribution >= 4 is 59.4 Å². The predicted octanol–water partition coefficient (Wildman–Crippen LogP) is 7.00. The van der Waals surface area contributed by atoms with Gasteiger partial charge in [-0.3, -0.25) is 9.78 Å². The Bertz CT molecular complexity index is 1590. The summed E-state index contributed by atoms with van der Waals surface area (Å²) in [6.45, 7) is 8.71. The van der Waals surface area contributed by atoms with Gasteiger partial charge in [0.1, 0.15) is 16.0 Å². The van der Waals surface area contributed by atoms with E-state index in [4.69, 9.17) is 4.74 Å². The number of fused-ring (bicyclic) bond motifs is 1. The number of aromatic nitrogens is 2. The number of hydrogen-bond donors (Lipinski definition) is 1.